The molecule has 1 heteroatoms. The lowest BCUT2D eigenvalue weighted by Crippen LogP contribution is -2.53. The molecule has 0 amide bonds. The highest BCUT2D eigenvalue weighted by Gasteiger charge is 2.63. The van der Waals surface area contributed by atoms with Gasteiger partial charge in [0.1, 0.15) is 5.78 Å². The number of rotatable bonds is 0. The highest BCUT2D eigenvalue weighted by molar-refractivity contribution is 5.90. The Morgan fingerprint density at radius 3 is 2.55 bits per heavy atom. The van der Waals surface area contributed by atoms with Crippen LogP contribution in [0, 0.1) is 52.8 Å². The van der Waals surface area contributed by atoms with E-state index in [0.717, 1.165) is 41.4 Å². The lowest BCUT2D eigenvalue weighted by molar-refractivity contribution is -0.148. The van der Waals surface area contributed by atoms with Gasteiger partial charge in [0.05, 0.1) is 0 Å². The van der Waals surface area contributed by atoms with E-state index >= 15 is 0 Å². The van der Waals surface area contributed by atoms with Crippen molar-refractivity contribution in [3.63, 3.8) is 0 Å². The number of ketones is 1. The van der Waals surface area contributed by atoms with E-state index in [2.05, 4.69) is 13.8 Å². The molecule has 0 aromatic heterocycles. The molecule has 0 aromatic carbocycles. The zero-order chi connectivity index (χ0) is 15.1. The predicted octanol–water partition coefficient (Wildman–Crippen LogP) is 5.09. The van der Waals surface area contributed by atoms with Gasteiger partial charge >= 0.3 is 0 Å². The van der Waals surface area contributed by atoms with Crippen molar-refractivity contribution < 1.29 is 4.79 Å². The molecular weight excluding hydrogens is 268 g/mol. The van der Waals surface area contributed by atoms with Crippen molar-refractivity contribution in [1.29, 1.82) is 0 Å². The average molecular weight is 300 g/mol. The molecule has 5 aliphatic carbocycles. The molecule has 0 aliphatic heterocycles. The predicted molar refractivity (Wildman–Crippen MR) is 88.3 cm³/mol. The highest BCUT2D eigenvalue weighted by Crippen LogP contribution is 2.66. The molecule has 5 rings (SSSR count). The monoisotopic (exact) mass is 300 g/mol. The summed E-state index contributed by atoms with van der Waals surface area (Å²) in [4.78, 5) is 12.9. The van der Waals surface area contributed by atoms with Gasteiger partial charge in [0.25, 0.3) is 0 Å². The fraction of sp³-hybridized carbons (Fsp3) is 0.952. The maximum Gasteiger partial charge on any atom is 0.142 e. The molecule has 5 saturated carbocycles. The van der Waals surface area contributed by atoms with Crippen LogP contribution in [0.1, 0.15) is 71.6 Å². The molecule has 0 saturated heterocycles. The van der Waals surface area contributed by atoms with Gasteiger partial charge in [-0.1, -0.05) is 20.3 Å². The van der Waals surface area contributed by atoms with E-state index < -0.39 is 0 Å². The third-order valence-corrected chi connectivity index (χ3v) is 8.99. The van der Waals surface area contributed by atoms with Gasteiger partial charge < -0.3 is 0 Å². The molecule has 122 valence electrons. The lowest BCUT2D eigenvalue weighted by atomic mass is 9.47. The SMILES string of the molecule is CC1CCC2C(CCC3C2CCC2(C)C(=O)C4CC4CC32)C1. The Bertz CT molecular complexity index is 496. The van der Waals surface area contributed by atoms with Crippen LogP contribution in [-0.4, -0.2) is 5.78 Å². The highest BCUT2D eigenvalue weighted by atomic mass is 16.1. The Balaban J connectivity index is 1.43. The standard InChI is InChI=1S/C21H32O/c1-12-3-5-15-13(9-12)4-6-17-16(15)7-8-21(2)19(17)11-14-10-18(14)20(21)22/h12-19H,3-11H2,1-2H3. The molecule has 22 heavy (non-hydrogen) atoms. The van der Waals surface area contributed by atoms with Crippen LogP contribution in [0.5, 0.6) is 0 Å². The molecule has 9 atom stereocenters. The van der Waals surface area contributed by atoms with Crippen LogP contribution < -0.4 is 0 Å². The minimum absolute atomic E-state index is 0.0770. The summed E-state index contributed by atoms with van der Waals surface area (Å²) in [6, 6.07) is 0. The van der Waals surface area contributed by atoms with Crippen molar-refractivity contribution in [3.8, 4) is 0 Å². The van der Waals surface area contributed by atoms with E-state index in [1.165, 1.54) is 57.8 Å². The molecule has 1 nitrogen and oxygen atoms in total. The summed E-state index contributed by atoms with van der Waals surface area (Å²) in [7, 11) is 0. The summed E-state index contributed by atoms with van der Waals surface area (Å²) >= 11 is 0. The maximum absolute atomic E-state index is 12.9. The largest absolute Gasteiger partial charge is 0.299 e. The van der Waals surface area contributed by atoms with Gasteiger partial charge in [-0.15, -0.1) is 0 Å². The molecule has 0 aromatic rings. The number of fused-ring (bicyclic) bond motifs is 6. The van der Waals surface area contributed by atoms with Crippen LogP contribution in [0.4, 0.5) is 0 Å². The fourth-order valence-electron chi connectivity index (χ4n) is 7.73. The van der Waals surface area contributed by atoms with Crippen molar-refractivity contribution in [2.24, 2.45) is 52.8 Å². The van der Waals surface area contributed by atoms with Gasteiger partial charge in [0, 0.05) is 11.3 Å². The topological polar surface area (TPSA) is 17.1 Å². The second-order valence-corrected chi connectivity index (χ2v) is 10.0. The number of Topliss-reactive ketones (excluding diaryl/α,β-unsaturated/α-hetero) is 1. The number of carbonyl (C=O) groups is 1. The molecule has 0 radical (unpaired) electrons. The summed E-state index contributed by atoms with van der Waals surface area (Å²) in [5, 5.41) is 0. The summed E-state index contributed by atoms with van der Waals surface area (Å²) in [6.07, 6.45) is 12.6. The van der Waals surface area contributed by atoms with Crippen molar-refractivity contribution in [3.05, 3.63) is 0 Å². The molecule has 0 spiro atoms. The van der Waals surface area contributed by atoms with Crippen molar-refractivity contribution in [2.45, 2.75) is 71.6 Å². The first-order valence-electron chi connectivity index (χ1n) is 10.1. The van der Waals surface area contributed by atoms with Gasteiger partial charge in [0.2, 0.25) is 0 Å². The van der Waals surface area contributed by atoms with Crippen molar-refractivity contribution in [2.75, 3.05) is 0 Å². The Labute approximate surface area is 135 Å². The lowest BCUT2D eigenvalue weighted by Gasteiger charge is -2.57. The normalized spacial score (nSPS) is 59.8. The van der Waals surface area contributed by atoms with E-state index in [-0.39, 0.29) is 5.41 Å². The minimum atomic E-state index is 0.0770. The Morgan fingerprint density at radius 2 is 1.68 bits per heavy atom. The van der Waals surface area contributed by atoms with E-state index in [9.17, 15) is 4.79 Å². The maximum atomic E-state index is 12.9. The van der Waals surface area contributed by atoms with Crippen LogP contribution in [0.15, 0.2) is 0 Å². The summed E-state index contributed by atoms with van der Waals surface area (Å²) in [5.41, 5.74) is 0.0770. The zero-order valence-electron chi connectivity index (χ0n) is 14.4. The average Bonchev–Trinajstić information content (AvgIpc) is 3.28. The van der Waals surface area contributed by atoms with Crippen LogP contribution in [-0.2, 0) is 4.79 Å². The smallest absolute Gasteiger partial charge is 0.142 e. The van der Waals surface area contributed by atoms with E-state index in [0.29, 0.717) is 11.7 Å². The third-order valence-electron chi connectivity index (χ3n) is 8.99. The van der Waals surface area contributed by atoms with Crippen LogP contribution in [0.25, 0.3) is 0 Å². The quantitative estimate of drug-likeness (QED) is 0.609. The summed E-state index contributed by atoms with van der Waals surface area (Å²) in [5.74, 6) is 7.63. The van der Waals surface area contributed by atoms with Gasteiger partial charge in [-0.2, -0.15) is 0 Å². The Hall–Kier alpha value is -0.330. The van der Waals surface area contributed by atoms with Crippen molar-refractivity contribution in [1.82, 2.24) is 0 Å². The second-order valence-electron chi connectivity index (χ2n) is 10.0. The number of hydrogen-bond donors (Lipinski definition) is 0. The molecule has 0 heterocycles. The van der Waals surface area contributed by atoms with E-state index in [1.54, 1.807) is 0 Å². The third kappa shape index (κ3) is 1.80. The Kier molecular flexibility index (Phi) is 2.94. The molecule has 0 bridgehead atoms. The number of carbonyl (C=O) groups excluding carboxylic acids is 1. The molecule has 0 N–H and O–H groups in total. The van der Waals surface area contributed by atoms with Gasteiger partial charge in [-0.25, -0.2) is 0 Å². The van der Waals surface area contributed by atoms with Crippen LogP contribution in [0.2, 0.25) is 0 Å². The minimum Gasteiger partial charge on any atom is -0.299 e. The first-order chi connectivity index (χ1) is 10.6. The van der Waals surface area contributed by atoms with Gasteiger partial charge in [-0.05, 0) is 92.8 Å². The second kappa shape index (κ2) is 4.61. The number of hydrogen-bond acceptors (Lipinski definition) is 1. The zero-order valence-corrected chi connectivity index (χ0v) is 14.4. The van der Waals surface area contributed by atoms with Crippen LogP contribution >= 0.6 is 0 Å². The first-order valence-corrected chi connectivity index (χ1v) is 10.1. The van der Waals surface area contributed by atoms with Crippen LogP contribution in [0.3, 0.4) is 0 Å². The van der Waals surface area contributed by atoms with E-state index in [1.807, 2.05) is 0 Å². The molecule has 5 aliphatic rings. The Morgan fingerprint density at radius 1 is 0.864 bits per heavy atom. The van der Waals surface area contributed by atoms with Crippen molar-refractivity contribution >= 4 is 5.78 Å². The van der Waals surface area contributed by atoms with Gasteiger partial charge in [0.15, 0.2) is 0 Å². The van der Waals surface area contributed by atoms with Gasteiger partial charge in [-0.3, -0.25) is 4.79 Å². The summed E-state index contributed by atoms with van der Waals surface area (Å²) in [6.45, 7) is 4.83. The molecular formula is C21H32O. The summed E-state index contributed by atoms with van der Waals surface area (Å²) < 4.78 is 0. The fourth-order valence-corrected chi connectivity index (χ4v) is 7.73. The molecule has 9 unspecified atom stereocenters. The van der Waals surface area contributed by atoms with E-state index in [4.69, 9.17) is 0 Å². The first kappa shape index (κ1) is 14.1. The molecule has 5 fully saturated rings.